The zero-order valence-corrected chi connectivity index (χ0v) is 13.0. The van der Waals surface area contributed by atoms with Crippen molar-refractivity contribution in [1.82, 2.24) is 4.98 Å². The van der Waals surface area contributed by atoms with E-state index < -0.39 is 6.10 Å². The van der Waals surface area contributed by atoms with Crippen LogP contribution in [0.1, 0.15) is 50.2 Å². The molecule has 3 atom stereocenters. The molecule has 0 saturated heterocycles. The minimum Gasteiger partial charge on any atom is -0.390 e. The average molecular weight is 283 g/mol. The molecule has 0 amide bonds. The molecule has 2 rings (SSSR count). The van der Waals surface area contributed by atoms with Gasteiger partial charge in [0.2, 0.25) is 0 Å². The van der Waals surface area contributed by atoms with Crippen molar-refractivity contribution < 1.29 is 9.84 Å². The van der Waals surface area contributed by atoms with Gasteiger partial charge in [0.05, 0.1) is 16.7 Å². The second kappa shape index (κ2) is 6.33. The van der Waals surface area contributed by atoms with Crippen molar-refractivity contribution in [3.63, 3.8) is 0 Å². The molecule has 0 bridgehead atoms. The van der Waals surface area contributed by atoms with Gasteiger partial charge in [-0.25, -0.2) is 4.98 Å². The molecule has 1 fully saturated rings. The Kier molecular flexibility index (Phi) is 4.98. The van der Waals surface area contributed by atoms with Crippen LogP contribution < -0.4 is 0 Å². The van der Waals surface area contributed by atoms with Crippen LogP contribution in [0.4, 0.5) is 0 Å². The summed E-state index contributed by atoms with van der Waals surface area (Å²) < 4.78 is 6.01. The number of rotatable bonds is 5. The third kappa shape index (κ3) is 3.56. The number of hydrogen-bond donors (Lipinski definition) is 1. The van der Waals surface area contributed by atoms with Gasteiger partial charge in [0.15, 0.2) is 0 Å². The number of nitrogens with zero attached hydrogens (tertiary/aromatic N) is 1. The highest BCUT2D eigenvalue weighted by atomic mass is 32.1. The molecule has 1 aromatic rings. The normalized spacial score (nSPS) is 29.4. The first kappa shape index (κ1) is 14.9. The summed E-state index contributed by atoms with van der Waals surface area (Å²) in [6.07, 6.45) is 4.50. The van der Waals surface area contributed by atoms with E-state index in [1.54, 1.807) is 11.3 Å². The van der Waals surface area contributed by atoms with Crippen molar-refractivity contribution in [2.75, 3.05) is 6.61 Å². The minimum absolute atomic E-state index is 0.355. The van der Waals surface area contributed by atoms with Gasteiger partial charge in [-0.05, 0) is 32.6 Å². The van der Waals surface area contributed by atoms with Gasteiger partial charge in [0.25, 0.3) is 0 Å². The quantitative estimate of drug-likeness (QED) is 0.901. The molecular weight excluding hydrogens is 258 g/mol. The van der Waals surface area contributed by atoms with Crippen LogP contribution in [0, 0.1) is 12.8 Å². The van der Waals surface area contributed by atoms with E-state index in [1.807, 2.05) is 19.2 Å². The van der Waals surface area contributed by atoms with Crippen LogP contribution in [-0.4, -0.2) is 28.4 Å². The summed E-state index contributed by atoms with van der Waals surface area (Å²) in [5.74, 6) is 0.632. The fraction of sp³-hybridized carbons (Fsp3) is 0.800. The van der Waals surface area contributed by atoms with Crippen molar-refractivity contribution in [1.29, 1.82) is 0 Å². The van der Waals surface area contributed by atoms with Crippen LogP contribution in [0.2, 0.25) is 0 Å². The molecule has 4 heteroatoms. The summed E-state index contributed by atoms with van der Waals surface area (Å²) in [6.45, 7) is 6.93. The summed E-state index contributed by atoms with van der Waals surface area (Å²) in [4.78, 5) is 4.46. The smallest absolute Gasteiger partial charge is 0.0955 e. The van der Waals surface area contributed by atoms with Crippen molar-refractivity contribution in [3.05, 3.63) is 16.1 Å². The largest absolute Gasteiger partial charge is 0.390 e. The lowest BCUT2D eigenvalue weighted by atomic mass is 9.75. The number of aryl methyl sites for hydroxylation is 1. The lowest BCUT2D eigenvalue weighted by Gasteiger charge is -2.43. The van der Waals surface area contributed by atoms with E-state index in [1.165, 1.54) is 6.42 Å². The molecule has 0 spiro atoms. The molecule has 1 aromatic heterocycles. The number of aliphatic hydroxyl groups is 1. The Morgan fingerprint density at radius 3 is 3.00 bits per heavy atom. The molecule has 0 aliphatic heterocycles. The van der Waals surface area contributed by atoms with Gasteiger partial charge in [-0.2, -0.15) is 0 Å². The molecule has 3 unspecified atom stereocenters. The van der Waals surface area contributed by atoms with Crippen molar-refractivity contribution in [2.24, 2.45) is 5.92 Å². The van der Waals surface area contributed by atoms with Gasteiger partial charge < -0.3 is 9.84 Å². The Morgan fingerprint density at radius 1 is 1.63 bits per heavy atom. The van der Waals surface area contributed by atoms with Crippen LogP contribution in [0.5, 0.6) is 0 Å². The molecule has 0 radical (unpaired) electrons. The summed E-state index contributed by atoms with van der Waals surface area (Å²) >= 11 is 1.63. The van der Waals surface area contributed by atoms with Gasteiger partial charge in [-0.1, -0.05) is 19.8 Å². The van der Waals surface area contributed by atoms with Crippen molar-refractivity contribution in [2.45, 2.75) is 64.6 Å². The van der Waals surface area contributed by atoms with E-state index in [4.69, 9.17) is 4.74 Å². The number of aliphatic hydroxyl groups excluding tert-OH is 1. The molecule has 19 heavy (non-hydrogen) atoms. The Labute approximate surface area is 120 Å². The maximum Gasteiger partial charge on any atom is 0.0955 e. The SMILES string of the molecule is CCOC1(C(O)Cc2nc(C)cs2)CCCC(C)C1. The van der Waals surface area contributed by atoms with E-state index in [9.17, 15) is 5.11 Å². The van der Waals surface area contributed by atoms with Gasteiger partial charge in [-0.3, -0.25) is 0 Å². The van der Waals surface area contributed by atoms with E-state index in [0.717, 1.165) is 30.0 Å². The molecule has 108 valence electrons. The fourth-order valence-corrected chi connectivity index (χ4v) is 4.02. The number of ether oxygens (including phenoxy) is 1. The van der Waals surface area contributed by atoms with Crippen LogP contribution in [0.15, 0.2) is 5.38 Å². The van der Waals surface area contributed by atoms with Gasteiger partial charge in [0, 0.05) is 24.1 Å². The Hall–Kier alpha value is -0.450. The summed E-state index contributed by atoms with van der Waals surface area (Å²) in [7, 11) is 0. The molecule has 1 saturated carbocycles. The van der Waals surface area contributed by atoms with Crippen LogP contribution in [0.3, 0.4) is 0 Å². The van der Waals surface area contributed by atoms with Crippen molar-refractivity contribution >= 4 is 11.3 Å². The molecule has 1 heterocycles. The highest BCUT2D eigenvalue weighted by Crippen LogP contribution is 2.38. The predicted molar refractivity (Wildman–Crippen MR) is 78.6 cm³/mol. The van der Waals surface area contributed by atoms with Crippen LogP contribution in [-0.2, 0) is 11.2 Å². The first-order valence-electron chi connectivity index (χ1n) is 7.29. The molecule has 3 nitrogen and oxygen atoms in total. The highest BCUT2D eigenvalue weighted by Gasteiger charge is 2.42. The Bertz CT molecular complexity index is 403. The Morgan fingerprint density at radius 2 is 2.42 bits per heavy atom. The zero-order valence-electron chi connectivity index (χ0n) is 12.2. The van der Waals surface area contributed by atoms with E-state index in [0.29, 0.717) is 18.9 Å². The second-order valence-corrected chi connectivity index (χ2v) is 6.74. The molecule has 1 aliphatic rings. The minimum atomic E-state index is -0.444. The topological polar surface area (TPSA) is 42.4 Å². The molecular formula is C15H25NO2S. The van der Waals surface area contributed by atoms with E-state index in [2.05, 4.69) is 11.9 Å². The number of aromatic nitrogens is 1. The molecule has 1 N–H and O–H groups in total. The first-order chi connectivity index (χ1) is 9.05. The lowest BCUT2D eigenvalue weighted by Crippen LogP contribution is -2.49. The van der Waals surface area contributed by atoms with Gasteiger partial charge >= 0.3 is 0 Å². The van der Waals surface area contributed by atoms with E-state index >= 15 is 0 Å². The predicted octanol–water partition coefficient (Wildman–Crippen LogP) is 3.34. The summed E-state index contributed by atoms with van der Waals surface area (Å²) in [6, 6.07) is 0. The maximum atomic E-state index is 10.7. The third-order valence-electron chi connectivity index (χ3n) is 4.06. The summed E-state index contributed by atoms with van der Waals surface area (Å²) in [5.41, 5.74) is 0.682. The molecule has 1 aliphatic carbocycles. The van der Waals surface area contributed by atoms with E-state index in [-0.39, 0.29) is 5.60 Å². The zero-order chi connectivity index (χ0) is 13.9. The van der Waals surface area contributed by atoms with Crippen LogP contribution in [0.25, 0.3) is 0 Å². The molecule has 0 aromatic carbocycles. The maximum absolute atomic E-state index is 10.7. The standard InChI is InChI=1S/C15H25NO2S/c1-4-18-15(7-5-6-11(2)9-15)13(17)8-14-16-12(3)10-19-14/h10-11,13,17H,4-9H2,1-3H3. The lowest BCUT2D eigenvalue weighted by molar-refractivity contribution is -0.147. The highest BCUT2D eigenvalue weighted by molar-refractivity contribution is 7.09. The fourth-order valence-electron chi connectivity index (χ4n) is 3.21. The Balaban J connectivity index is 2.09. The average Bonchev–Trinajstić information content (AvgIpc) is 2.75. The van der Waals surface area contributed by atoms with Crippen LogP contribution >= 0.6 is 11.3 Å². The summed E-state index contributed by atoms with van der Waals surface area (Å²) in [5, 5.41) is 13.7. The van der Waals surface area contributed by atoms with Gasteiger partial charge in [-0.15, -0.1) is 11.3 Å². The number of hydrogen-bond acceptors (Lipinski definition) is 4. The first-order valence-corrected chi connectivity index (χ1v) is 8.16. The third-order valence-corrected chi connectivity index (χ3v) is 5.05. The second-order valence-electron chi connectivity index (χ2n) is 5.80. The van der Waals surface area contributed by atoms with Gasteiger partial charge in [0.1, 0.15) is 0 Å². The van der Waals surface area contributed by atoms with Crippen molar-refractivity contribution in [3.8, 4) is 0 Å². The monoisotopic (exact) mass is 283 g/mol. The number of thiazole rings is 1.